The number of hydrogen-bond donors (Lipinski definition) is 2. The van der Waals surface area contributed by atoms with Crippen molar-refractivity contribution in [1.29, 1.82) is 0 Å². The van der Waals surface area contributed by atoms with E-state index in [9.17, 15) is 4.79 Å². The Labute approximate surface area is 109 Å². The first kappa shape index (κ1) is 14.5. The molecule has 0 atom stereocenters. The van der Waals surface area contributed by atoms with Crippen LogP contribution >= 0.6 is 0 Å². The van der Waals surface area contributed by atoms with E-state index in [-0.39, 0.29) is 5.91 Å². The predicted molar refractivity (Wildman–Crippen MR) is 76.5 cm³/mol. The fourth-order valence-corrected chi connectivity index (χ4v) is 2.03. The second-order valence-corrected chi connectivity index (χ2v) is 4.56. The monoisotopic (exact) mass is 249 g/mol. The van der Waals surface area contributed by atoms with E-state index in [1.165, 1.54) is 0 Å². The third-order valence-corrected chi connectivity index (χ3v) is 3.15. The lowest BCUT2D eigenvalue weighted by atomic mass is 10.1. The lowest BCUT2D eigenvalue weighted by Gasteiger charge is -2.25. The molecule has 0 aromatic heterocycles. The van der Waals surface area contributed by atoms with Crippen molar-refractivity contribution in [3.8, 4) is 0 Å². The van der Waals surface area contributed by atoms with E-state index < -0.39 is 0 Å². The molecule has 0 aliphatic heterocycles. The summed E-state index contributed by atoms with van der Waals surface area (Å²) >= 11 is 0. The molecular formula is C14H23N3O. The van der Waals surface area contributed by atoms with Crippen molar-refractivity contribution in [2.24, 2.45) is 0 Å². The van der Waals surface area contributed by atoms with Gasteiger partial charge in [0.05, 0.1) is 6.54 Å². The average molecular weight is 249 g/mol. The van der Waals surface area contributed by atoms with Gasteiger partial charge in [0, 0.05) is 17.4 Å². The first-order valence-electron chi connectivity index (χ1n) is 6.42. The molecule has 0 unspecified atom stereocenters. The second-order valence-electron chi connectivity index (χ2n) is 4.56. The number of nitrogens with zero attached hydrogens (tertiary/aromatic N) is 1. The van der Waals surface area contributed by atoms with E-state index in [4.69, 9.17) is 5.73 Å². The van der Waals surface area contributed by atoms with Gasteiger partial charge in [-0.2, -0.15) is 0 Å². The minimum absolute atomic E-state index is 0.00849. The number of nitrogens with two attached hydrogens (primary N) is 1. The summed E-state index contributed by atoms with van der Waals surface area (Å²) < 4.78 is 0. The zero-order chi connectivity index (χ0) is 13.5. The summed E-state index contributed by atoms with van der Waals surface area (Å²) in [6, 6.07) is 7.64. The van der Waals surface area contributed by atoms with Gasteiger partial charge in [-0.25, -0.2) is 0 Å². The highest BCUT2D eigenvalue weighted by molar-refractivity contribution is 5.92. The minimum atomic E-state index is 0.00849. The van der Waals surface area contributed by atoms with Crippen LogP contribution in [0, 0.1) is 0 Å². The van der Waals surface area contributed by atoms with Crippen molar-refractivity contribution >= 4 is 17.3 Å². The predicted octanol–water partition coefficient (Wildman–Crippen LogP) is 2.33. The molecule has 4 heteroatoms. The maximum Gasteiger partial charge on any atom is 0.238 e. The summed E-state index contributed by atoms with van der Waals surface area (Å²) in [4.78, 5) is 13.9. The van der Waals surface area contributed by atoms with E-state index in [1.807, 2.05) is 19.2 Å². The minimum Gasteiger partial charge on any atom is -0.399 e. The highest BCUT2D eigenvalue weighted by Gasteiger charge is 2.13. The molecule has 0 bridgehead atoms. The Kier molecular flexibility index (Phi) is 5.65. The number of nitrogen functional groups attached to an aromatic ring is 1. The van der Waals surface area contributed by atoms with Crippen LogP contribution in [-0.2, 0) is 4.79 Å². The zero-order valence-electron chi connectivity index (χ0n) is 11.4. The van der Waals surface area contributed by atoms with Gasteiger partial charge < -0.3 is 11.1 Å². The van der Waals surface area contributed by atoms with Crippen LogP contribution in [0.5, 0.6) is 0 Å². The molecule has 0 fully saturated rings. The lowest BCUT2D eigenvalue weighted by molar-refractivity contribution is -0.117. The van der Waals surface area contributed by atoms with Gasteiger partial charge >= 0.3 is 0 Å². The Hall–Kier alpha value is -1.55. The maximum absolute atomic E-state index is 11.9. The molecule has 100 valence electrons. The molecule has 1 aromatic rings. The third-order valence-electron chi connectivity index (χ3n) is 3.15. The van der Waals surface area contributed by atoms with Crippen molar-refractivity contribution in [1.82, 2.24) is 4.90 Å². The molecule has 1 rings (SSSR count). The number of hydrogen-bond acceptors (Lipinski definition) is 3. The summed E-state index contributed by atoms with van der Waals surface area (Å²) in [6.07, 6.45) is 2.12. The van der Waals surface area contributed by atoms with Crippen molar-refractivity contribution in [2.45, 2.75) is 32.7 Å². The third kappa shape index (κ3) is 4.37. The van der Waals surface area contributed by atoms with E-state index >= 15 is 0 Å². The smallest absolute Gasteiger partial charge is 0.238 e. The molecule has 0 radical (unpaired) electrons. The van der Waals surface area contributed by atoms with Crippen LogP contribution in [0.1, 0.15) is 26.7 Å². The number of carbonyl (C=O) groups excluding carboxylic acids is 1. The quantitative estimate of drug-likeness (QED) is 0.761. The molecule has 18 heavy (non-hydrogen) atoms. The molecule has 0 aliphatic rings. The SMILES string of the molecule is CCC(CC)N(C)CC(=O)Nc1ccc(N)cc1. The Bertz CT molecular complexity index is 371. The molecule has 0 heterocycles. The largest absolute Gasteiger partial charge is 0.399 e. The van der Waals surface area contributed by atoms with Crippen LogP contribution in [0.2, 0.25) is 0 Å². The van der Waals surface area contributed by atoms with E-state index in [2.05, 4.69) is 24.1 Å². The van der Waals surface area contributed by atoms with Gasteiger partial charge in [0.15, 0.2) is 0 Å². The number of likely N-dealkylation sites (N-methyl/N-ethyl adjacent to an activating group) is 1. The van der Waals surface area contributed by atoms with Crippen LogP contribution in [0.3, 0.4) is 0 Å². The first-order chi connectivity index (χ1) is 8.56. The van der Waals surface area contributed by atoms with Gasteiger partial charge in [0.25, 0.3) is 0 Å². The van der Waals surface area contributed by atoms with E-state index in [0.717, 1.165) is 18.5 Å². The zero-order valence-corrected chi connectivity index (χ0v) is 11.4. The Balaban J connectivity index is 2.48. The van der Waals surface area contributed by atoms with Crippen molar-refractivity contribution < 1.29 is 4.79 Å². The molecule has 1 amide bonds. The van der Waals surface area contributed by atoms with Crippen molar-refractivity contribution in [3.63, 3.8) is 0 Å². The van der Waals surface area contributed by atoms with Crippen LogP contribution in [0.25, 0.3) is 0 Å². The van der Waals surface area contributed by atoms with Crippen LogP contribution < -0.4 is 11.1 Å². The van der Waals surface area contributed by atoms with Crippen LogP contribution in [-0.4, -0.2) is 30.4 Å². The first-order valence-corrected chi connectivity index (χ1v) is 6.42. The number of rotatable bonds is 6. The molecule has 1 aromatic carbocycles. The Morgan fingerprint density at radius 2 is 1.83 bits per heavy atom. The van der Waals surface area contributed by atoms with E-state index in [1.54, 1.807) is 12.1 Å². The number of anilines is 2. The summed E-state index contributed by atoms with van der Waals surface area (Å²) in [5.41, 5.74) is 7.07. The molecule has 0 saturated heterocycles. The number of carbonyl (C=O) groups is 1. The van der Waals surface area contributed by atoms with Crippen LogP contribution in [0.4, 0.5) is 11.4 Å². The average Bonchev–Trinajstić information content (AvgIpc) is 2.33. The second kappa shape index (κ2) is 7.01. The van der Waals surface area contributed by atoms with Crippen molar-refractivity contribution in [3.05, 3.63) is 24.3 Å². The van der Waals surface area contributed by atoms with Gasteiger partial charge in [-0.05, 0) is 44.2 Å². The van der Waals surface area contributed by atoms with Gasteiger partial charge in [-0.15, -0.1) is 0 Å². The summed E-state index contributed by atoms with van der Waals surface area (Å²) in [6.45, 7) is 4.70. The fraction of sp³-hybridized carbons (Fsp3) is 0.500. The molecule has 3 N–H and O–H groups in total. The summed E-state index contributed by atoms with van der Waals surface area (Å²) in [5.74, 6) is 0.00849. The lowest BCUT2D eigenvalue weighted by Crippen LogP contribution is -2.37. The van der Waals surface area contributed by atoms with Crippen molar-refractivity contribution in [2.75, 3.05) is 24.6 Å². The molecule has 0 aliphatic carbocycles. The summed E-state index contributed by atoms with van der Waals surface area (Å²) in [5, 5.41) is 2.87. The molecule has 4 nitrogen and oxygen atoms in total. The van der Waals surface area contributed by atoms with Gasteiger partial charge in [-0.1, -0.05) is 13.8 Å². The van der Waals surface area contributed by atoms with Gasteiger partial charge in [-0.3, -0.25) is 9.69 Å². The Morgan fingerprint density at radius 1 is 1.28 bits per heavy atom. The molecule has 0 saturated carbocycles. The highest BCUT2D eigenvalue weighted by Crippen LogP contribution is 2.11. The number of amides is 1. The van der Waals surface area contributed by atoms with Gasteiger partial charge in [0.1, 0.15) is 0 Å². The van der Waals surface area contributed by atoms with Gasteiger partial charge in [0.2, 0.25) is 5.91 Å². The van der Waals surface area contributed by atoms with E-state index in [0.29, 0.717) is 18.3 Å². The number of nitrogens with one attached hydrogen (secondary N) is 1. The normalized spacial score (nSPS) is 10.9. The molecule has 0 spiro atoms. The topological polar surface area (TPSA) is 58.4 Å². The number of benzene rings is 1. The standard InChI is InChI=1S/C14H23N3O/c1-4-13(5-2)17(3)10-14(18)16-12-8-6-11(15)7-9-12/h6-9,13H,4-5,10,15H2,1-3H3,(H,16,18). The fourth-order valence-electron chi connectivity index (χ4n) is 2.03. The Morgan fingerprint density at radius 3 is 2.33 bits per heavy atom. The summed E-state index contributed by atoms with van der Waals surface area (Å²) in [7, 11) is 1.99. The van der Waals surface area contributed by atoms with Crippen LogP contribution in [0.15, 0.2) is 24.3 Å². The highest BCUT2D eigenvalue weighted by atomic mass is 16.2. The molecular weight excluding hydrogens is 226 g/mol. The maximum atomic E-state index is 11.9.